The molecule has 148 valence electrons. The molecule has 0 aliphatic carbocycles. The molecule has 6 heteroatoms. The Balaban J connectivity index is 1.94. The second-order valence-electron chi connectivity index (χ2n) is 6.93. The zero-order valence-electron chi connectivity index (χ0n) is 16.4. The van der Waals surface area contributed by atoms with Crippen LogP contribution in [0.1, 0.15) is 36.8 Å². The van der Waals surface area contributed by atoms with Crippen LogP contribution in [-0.4, -0.2) is 47.9 Å². The predicted molar refractivity (Wildman–Crippen MR) is 111 cm³/mol. The molecule has 2 N–H and O–H groups in total. The van der Waals surface area contributed by atoms with Gasteiger partial charge >= 0.3 is 0 Å². The van der Waals surface area contributed by atoms with Gasteiger partial charge in [0.2, 0.25) is 0 Å². The van der Waals surface area contributed by atoms with E-state index in [1.54, 1.807) is 29.2 Å². The molecule has 1 fully saturated rings. The summed E-state index contributed by atoms with van der Waals surface area (Å²) in [7, 11) is 0. The Hall–Kier alpha value is -2.44. The van der Waals surface area contributed by atoms with Crippen LogP contribution in [0, 0.1) is 0 Å². The van der Waals surface area contributed by atoms with Crippen molar-refractivity contribution in [2.45, 2.75) is 26.3 Å². The molecule has 1 atom stereocenters. The number of ketones is 1. The van der Waals surface area contributed by atoms with Gasteiger partial charge in [0.25, 0.3) is 11.7 Å². The Bertz CT molecular complexity index is 842. The second-order valence-corrected chi connectivity index (χ2v) is 7.91. The van der Waals surface area contributed by atoms with Gasteiger partial charge in [-0.05, 0) is 25.3 Å². The Kier molecular flexibility index (Phi) is 6.65. The van der Waals surface area contributed by atoms with Crippen LogP contribution >= 0.6 is 11.3 Å². The highest BCUT2D eigenvalue weighted by Gasteiger charge is 2.46. The van der Waals surface area contributed by atoms with Crippen molar-refractivity contribution < 1.29 is 19.6 Å². The number of carbonyl (C=O) groups is 2. The van der Waals surface area contributed by atoms with Gasteiger partial charge in [-0.1, -0.05) is 36.4 Å². The van der Waals surface area contributed by atoms with Crippen molar-refractivity contribution in [2.24, 2.45) is 0 Å². The molecule has 1 aliphatic heterocycles. The number of carbonyl (C=O) groups excluding carboxylic acids is 2. The molecule has 1 aromatic heterocycles. The van der Waals surface area contributed by atoms with E-state index in [4.69, 9.17) is 0 Å². The maximum Gasteiger partial charge on any atom is 0.295 e. The summed E-state index contributed by atoms with van der Waals surface area (Å²) in [5, 5.41) is 12.8. The van der Waals surface area contributed by atoms with Crippen molar-refractivity contribution in [1.82, 2.24) is 4.90 Å². The number of amides is 1. The number of benzene rings is 1. The quantitative estimate of drug-likeness (QED) is 0.407. The standard InChI is InChI=1S/C22H26N2O3S/c1-3-23(4-2)13-9-14-24-19(17-12-8-15-28-17)18(21(26)22(24)27)20(25)16-10-6-5-7-11-16/h5-8,10-12,15,19,25H,3-4,9,13-14H2,1-2H3/p+1/t19-/m0/s1. The Labute approximate surface area is 169 Å². The number of hydrogen-bond donors (Lipinski definition) is 2. The smallest absolute Gasteiger partial charge is 0.295 e. The number of nitrogens with one attached hydrogen (secondary N) is 1. The van der Waals surface area contributed by atoms with Gasteiger partial charge in [0.1, 0.15) is 5.76 Å². The molecule has 1 aromatic carbocycles. The van der Waals surface area contributed by atoms with Gasteiger partial charge in [-0.2, -0.15) is 0 Å². The number of hydrogen-bond acceptors (Lipinski definition) is 4. The fourth-order valence-corrected chi connectivity index (χ4v) is 4.55. The van der Waals surface area contributed by atoms with Crippen LogP contribution in [0.4, 0.5) is 0 Å². The highest BCUT2D eigenvalue weighted by atomic mass is 32.1. The lowest BCUT2D eigenvalue weighted by molar-refractivity contribution is -0.896. The van der Waals surface area contributed by atoms with Gasteiger partial charge in [0, 0.05) is 23.4 Å². The van der Waals surface area contributed by atoms with E-state index in [2.05, 4.69) is 13.8 Å². The summed E-state index contributed by atoms with van der Waals surface area (Å²) in [6.45, 7) is 7.83. The minimum Gasteiger partial charge on any atom is -0.507 e. The highest BCUT2D eigenvalue weighted by Crippen LogP contribution is 2.40. The fourth-order valence-electron chi connectivity index (χ4n) is 3.71. The summed E-state index contributed by atoms with van der Waals surface area (Å²) in [5.41, 5.74) is 0.739. The molecular formula is C22H27N2O3S+. The van der Waals surface area contributed by atoms with Crippen molar-refractivity contribution in [2.75, 3.05) is 26.2 Å². The molecule has 1 aliphatic rings. The number of aliphatic hydroxyl groups is 1. The number of aliphatic hydroxyl groups excluding tert-OH is 1. The third-order valence-corrected chi connectivity index (χ3v) is 6.25. The molecule has 3 rings (SSSR count). The van der Waals surface area contributed by atoms with Crippen molar-refractivity contribution in [3.05, 3.63) is 63.9 Å². The van der Waals surface area contributed by atoms with E-state index in [-0.39, 0.29) is 11.3 Å². The van der Waals surface area contributed by atoms with Gasteiger partial charge in [-0.15, -0.1) is 11.3 Å². The third kappa shape index (κ3) is 4.03. The van der Waals surface area contributed by atoms with Crippen LogP contribution in [0.5, 0.6) is 0 Å². The first-order chi connectivity index (χ1) is 13.6. The van der Waals surface area contributed by atoms with Crippen molar-refractivity contribution in [1.29, 1.82) is 0 Å². The zero-order chi connectivity index (χ0) is 20.1. The summed E-state index contributed by atoms with van der Waals surface area (Å²) < 4.78 is 0. The van der Waals surface area contributed by atoms with Crippen molar-refractivity contribution in [3.8, 4) is 0 Å². The Morgan fingerprint density at radius 2 is 1.82 bits per heavy atom. The summed E-state index contributed by atoms with van der Waals surface area (Å²) in [6, 6.07) is 12.3. The molecule has 0 unspecified atom stereocenters. The van der Waals surface area contributed by atoms with E-state index in [1.165, 1.54) is 16.2 Å². The number of rotatable bonds is 8. The lowest BCUT2D eigenvalue weighted by Crippen LogP contribution is -3.11. The van der Waals surface area contributed by atoms with Gasteiger partial charge in [-0.3, -0.25) is 9.59 Å². The van der Waals surface area contributed by atoms with Crippen molar-refractivity contribution >= 4 is 28.8 Å². The third-order valence-electron chi connectivity index (χ3n) is 5.33. The first-order valence-corrected chi connectivity index (χ1v) is 10.7. The fraction of sp³-hybridized carbons (Fsp3) is 0.364. The maximum absolute atomic E-state index is 12.8. The molecule has 0 radical (unpaired) electrons. The Morgan fingerprint density at radius 3 is 2.43 bits per heavy atom. The van der Waals surface area contributed by atoms with E-state index in [0.29, 0.717) is 12.1 Å². The van der Waals surface area contributed by atoms with Crippen LogP contribution in [-0.2, 0) is 9.59 Å². The first-order valence-electron chi connectivity index (χ1n) is 9.79. The largest absolute Gasteiger partial charge is 0.507 e. The number of thiophene rings is 1. The topological polar surface area (TPSA) is 62.0 Å². The highest BCUT2D eigenvalue weighted by molar-refractivity contribution is 7.10. The number of quaternary nitrogens is 1. The average molecular weight is 400 g/mol. The summed E-state index contributed by atoms with van der Waals surface area (Å²) in [5.74, 6) is -1.23. The normalized spacial score (nSPS) is 19.0. The molecule has 0 spiro atoms. The molecule has 0 saturated carbocycles. The van der Waals surface area contributed by atoms with Crippen LogP contribution < -0.4 is 4.90 Å². The first kappa shape index (κ1) is 20.3. The van der Waals surface area contributed by atoms with E-state index in [9.17, 15) is 14.7 Å². The van der Waals surface area contributed by atoms with Crippen LogP contribution in [0.2, 0.25) is 0 Å². The lowest BCUT2D eigenvalue weighted by Gasteiger charge is -2.25. The maximum atomic E-state index is 12.8. The second kappa shape index (κ2) is 9.17. The Morgan fingerprint density at radius 1 is 1.11 bits per heavy atom. The number of likely N-dealkylation sites (tertiary alicyclic amines) is 1. The molecule has 1 amide bonds. The summed E-state index contributed by atoms with van der Waals surface area (Å²) in [4.78, 5) is 29.6. The molecule has 5 nitrogen and oxygen atoms in total. The monoisotopic (exact) mass is 399 g/mol. The summed E-state index contributed by atoms with van der Waals surface area (Å²) in [6.07, 6.45) is 0.817. The van der Waals surface area contributed by atoms with Crippen LogP contribution in [0.3, 0.4) is 0 Å². The van der Waals surface area contributed by atoms with E-state index in [1.807, 2.05) is 23.6 Å². The van der Waals surface area contributed by atoms with E-state index < -0.39 is 17.7 Å². The van der Waals surface area contributed by atoms with E-state index >= 15 is 0 Å². The zero-order valence-corrected chi connectivity index (χ0v) is 17.2. The van der Waals surface area contributed by atoms with Crippen molar-refractivity contribution in [3.63, 3.8) is 0 Å². The molecule has 28 heavy (non-hydrogen) atoms. The SMILES string of the molecule is CC[NH+](CC)CCCN1C(=O)C(=O)C(=C(O)c2ccccc2)[C@@H]1c1cccs1. The predicted octanol–water partition coefficient (Wildman–Crippen LogP) is 2.48. The summed E-state index contributed by atoms with van der Waals surface area (Å²) >= 11 is 1.50. The van der Waals surface area contributed by atoms with Gasteiger partial charge in [-0.25, -0.2) is 0 Å². The minimum atomic E-state index is -0.602. The molecule has 2 heterocycles. The molecule has 1 saturated heterocycles. The molecular weight excluding hydrogens is 372 g/mol. The van der Waals surface area contributed by atoms with E-state index in [0.717, 1.165) is 30.9 Å². The van der Waals surface area contributed by atoms with Gasteiger partial charge < -0.3 is 14.9 Å². The number of nitrogens with zero attached hydrogens (tertiary/aromatic N) is 1. The lowest BCUT2D eigenvalue weighted by atomic mass is 10.00. The number of Topliss-reactive ketones (excluding diaryl/α,β-unsaturated/α-hetero) is 1. The molecule has 2 aromatic rings. The molecule has 0 bridgehead atoms. The minimum absolute atomic E-state index is 0.103. The van der Waals surface area contributed by atoms with Crippen LogP contribution in [0.25, 0.3) is 5.76 Å². The average Bonchev–Trinajstić information content (AvgIpc) is 3.33. The van der Waals surface area contributed by atoms with Crippen LogP contribution in [0.15, 0.2) is 53.4 Å². The van der Waals surface area contributed by atoms with Gasteiger partial charge in [0.05, 0.1) is 31.2 Å². The van der Waals surface area contributed by atoms with Gasteiger partial charge in [0.15, 0.2) is 0 Å².